The van der Waals surface area contributed by atoms with E-state index in [1.54, 1.807) is 33.5 Å². The lowest BCUT2D eigenvalue weighted by Gasteiger charge is -2.56. The molecule has 20 heteroatoms. The second-order valence-electron chi connectivity index (χ2n) is 19.9. The van der Waals surface area contributed by atoms with Gasteiger partial charge in [-0.25, -0.2) is 18.0 Å². The first-order valence-electron chi connectivity index (χ1n) is 23.6. The number of thiophene rings is 1. The molecule has 0 spiro atoms. The summed E-state index contributed by atoms with van der Waals surface area (Å²) < 4.78 is 42.1. The maximum Gasteiger partial charge on any atom is 0.349 e. The van der Waals surface area contributed by atoms with E-state index in [1.165, 1.54) is 0 Å². The summed E-state index contributed by atoms with van der Waals surface area (Å²) in [4.78, 5) is 70.2. The Kier molecular flexibility index (Phi) is 11.6. The third kappa shape index (κ3) is 8.35. The van der Waals surface area contributed by atoms with Crippen LogP contribution >= 0.6 is 22.9 Å². The molecule has 5 fully saturated rings. The van der Waals surface area contributed by atoms with Crippen LogP contribution in [0.3, 0.4) is 0 Å². The number of hydrogen-bond donors (Lipinski definition) is 4. The van der Waals surface area contributed by atoms with Crippen molar-refractivity contribution >= 4 is 102 Å². The van der Waals surface area contributed by atoms with Gasteiger partial charge in [-0.15, -0.1) is 11.3 Å². The standard InChI is InChI=1S/C51H49ClN6O11S2/c1-51(2)22-29-23-57(39(51)21-35(29)53-30-6-3-5-28(20-30)45-43(52)44(68-24-41(60)61)46(70-45)49(64)65)71(66,67)25-26-9-11-34-38(19-26)69-50(54-34)56-17-15-27(16-18-56)31-10-12-36-42-32(31)7-4-8-33(42)48(63)58(36)37-13-14-40(59)55-47(37)62/h3-12,19-20,27,29,35,37,39,53H,13-18,21-25H2,1-2H3,(H,60,61)(H,64,65)(H,55,59,62). The number of piperidine rings is 4. The lowest BCUT2D eigenvalue weighted by atomic mass is 9.63. The molecule has 4 saturated heterocycles. The van der Waals surface area contributed by atoms with Crippen LogP contribution in [-0.4, -0.2) is 102 Å². The van der Waals surface area contributed by atoms with Crippen molar-refractivity contribution in [2.75, 3.05) is 41.4 Å². The van der Waals surface area contributed by atoms with Crippen LogP contribution < -0.4 is 25.2 Å². The lowest BCUT2D eigenvalue weighted by molar-refractivity contribution is -0.139. The largest absolute Gasteiger partial charge is 0.479 e. The highest BCUT2D eigenvalue weighted by Gasteiger charge is 2.53. The Hall–Kier alpha value is -6.54. The quantitative estimate of drug-likeness (QED) is 0.0802. The maximum absolute atomic E-state index is 14.4. The summed E-state index contributed by atoms with van der Waals surface area (Å²) in [5, 5.41) is 26.7. The summed E-state index contributed by atoms with van der Waals surface area (Å²) in [5.74, 6) is -3.78. The number of carboxylic acids is 2. The number of rotatable bonds is 13. The van der Waals surface area contributed by atoms with Gasteiger partial charge in [0.05, 0.1) is 16.3 Å². The van der Waals surface area contributed by atoms with Gasteiger partial charge < -0.3 is 29.6 Å². The van der Waals surface area contributed by atoms with E-state index in [-0.39, 0.29) is 75.4 Å². The molecule has 4 unspecified atom stereocenters. The fourth-order valence-corrected chi connectivity index (χ4v) is 15.0. The molecule has 7 heterocycles. The minimum atomic E-state index is -3.78. The number of nitrogens with one attached hydrogen (secondary N) is 2. The Morgan fingerprint density at radius 2 is 1.80 bits per heavy atom. The number of sulfonamides is 1. The SMILES string of the molecule is CC1(C)CC2CN(S(=O)(=O)Cc3ccc4nc(N5CCC(c6ccc7c8c(cccc68)C(=O)N7C6CCC(=O)NC6=O)CC5)oc4c3)C1CC2Nc1cccc(-c2sc(C(=O)O)c(OCC(=O)O)c2Cl)c1. The molecule has 3 amide bonds. The molecule has 71 heavy (non-hydrogen) atoms. The number of aliphatic carboxylic acids is 1. The van der Waals surface area contributed by atoms with E-state index in [9.17, 15) is 37.5 Å². The number of ether oxygens (including phenoxy) is 1. The molecule has 1 aliphatic carbocycles. The van der Waals surface area contributed by atoms with E-state index < -0.39 is 40.5 Å². The molecule has 6 aliphatic rings. The van der Waals surface area contributed by atoms with Gasteiger partial charge in [0.25, 0.3) is 11.9 Å². The number of oxazole rings is 1. The number of halogens is 1. The molecule has 368 valence electrons. The molecule has 5 aliphatic heterocycles. The van der Waals surface area contributed by atoms with Crippen LogP contribution in [0, 0.1) is 11.3 Å². The number of amides is 3. The number of carboxylic acid groups (broad SMARTS) is 2. The number of fused-ring (bicyclic) bond motifs is 4. The molecule has 17 nitrogen and oxygen atoms in total. The number of benzene rings is 4. The van der Waals surface area contributed by atoms with Crippen LogP contribution in [0.5, 0.6) is 5.75 Å². The highest BCUT2D eigenvalue weighted by molar-refractivity contribution is 7.88. The molecule has 12 rings (SSSR count). The Balaban J connectivity index is 0.750. The zero-order valence-corrected chi connectivity index (χ0v) is 41.0. The average Bonchev–Trinajstić information content (AvgIpc) is 4.00. The van der Waals surface area contributed by atoms with Crippen molar-refractivity contribution in [3.05, 3.63) is 99.4 Å². The summed E-state index contributed by atoms with van der Waals surface area (Å²) in [5.41, 5.74) is 5.21. The monoisotopic (exact) mass is 1020 g/mol. The highest BCUT2D eigenvalue weighted by atomic mass is 35.5. The van der Waals surface area contributed by atoms with Crippen molar-refractivity contribution < 1.29 is 51.8 Å². The fourth-order valence-electron chi connectivity index (χ4n) is 11.7. The number of nitrogens with zero attached hydrogens (tertiary/aromatic N) is 4. The average molecular weight is 1020 g/mol. The van der Waals surface area contributed by atoms with E-state index in [0.29, 0.717) is 70.4 Å². The van der Waals surface area contributed by atoms with Gasteiger partial charge in [0.2, 0.25) is 21.8 Å². The maximum atomic E-state index is 14.4. The van der Waals surface area contributed by atoms with Crippen molar-refractivity contribution in [1.29, 1.82) is 0 Å². The van der Waals surface area contributed by atoms with Gasteiger partial charge in [-0.05, 0) is 108 Å². The summed E-state index contributed by atoms with van der Waals surface area (Å²) in [6.45, 7) is 5.17. The minimum Gasteiger partial charge on any atom is -0.479 e. The molecular weight excluding hydrogens is 972 g/mol. The van der Waals surface area contributed by atoms with Crippen LogP contribution in [0.15, 0.2) is 77.2 Å². The molecule has 4 aromatic carbocycles. The van der Waals surface area contributed by atoms with Crippen molar-refractivity contribution in [3.63, 3.8) is 0 Å². The van der Waals surface area contributed by atoms with Crippen LogP contribution in [0.1, 0.15) is 89.4 Å². The van der Waals surface area contributed by atoms with Gasteiger partial charge in [-0.1, -0.05) is 61.8 Å². The second kappa shape index (κ2) is 17.6. The van der Waals surface area contributed by atoms with E-state index in [1.807, 2.05) is 42.5 Å². The number of anilines is 3. The lowest BCUT2D eigenvalue weighted by Crippen LogP contribution is -2.64. The molecule has 2 bridgehead atoms. The minimum absolute atomic E-state index is 0.00626. The predicted molar refractivity (Wildman–Crippen MR) is 267 cm³/mol. The van der Waals surface area contributed by atoms with E-state index >= 15 is 0 Å². The van der Waals surface area contributed by atoms with Crippen LogP contribution in [-0.2, 0) is 30.2 Å². The number of imide groups is 1. The number of aromatic nitrogens is 1. The topological polar surface area (TPSA) is 229 Å². The number of carbonyl (C=O) groups is 5. The third-order valence-corrected chi connectivity index (χ3v) is 18.5. The van der Waals surface area contributed by atoms with Gasteiger partial charge in [0, 0.05) is 54.8 Å². The van der Waals surface area contributed by atoms with Crippen molar-refractivity contribution in [2.45, 2.75) is 82.2 Å². The zero-order chi connectivity index (χ0) is 49.7. The Morgan fingerprint density at radius 3 is 2.55 bits per heavy atom. The molecule has 0 radical (unpaired) electrons. The highest BCUT2D eigenvalue weighted by Crippen LogP contribution is 2.51. The van der Waals surface area contributed by atoms with Gasteiger partial charge in [-0.3, -0.25) is 24.6 Å². The summed E-state index contributed by atoms with van der Waals surface area (Å²) in [6.07, 6.45) is 3.44. The fraction of sp³-hybridized carbons (Fsp3) is 0.373. The molecule has 6 aromatic rings. The zero-order valence-electron chi connectivity index (χ0n) is 38.6. The van der Waals surface area contributed by atoms with Crippen molar-refractivity contribution in [2.24, 2.45) is 11.3 Å². The van der Waals surface area contributed by atoms with Gasteiger partial charge >= 0.3 is 11.9 Å². The second-order valence-corrected chi connectivity index (χ2v) is 23.2. The van der Waals surface area contributed by atoms with Crippen LogP contribution in [0.4, 0.5) is 17.4 Å². The summed E-state index contributed by atoms with van der Waals surface area (Å²) in [7, 11) is -3.78. The molecule has 4 N–H and O–H groups in total. The molecule has 2 aromatic heterocycles. The Bertz CT molecular complexity index is 3350. The number of aromatic carboxylic acids is 1. The first-order valence-corrected chi connectivity index (χ1v) is 26.4. The van der Waals surface area contributed by atoms with Gasteiger partial charge in [0.15, 0.2) is 22.8 Å². The van der Waals surface area contributed by atoms with E-state index in [0.717, 1.165) is 52.6 Å². The predicted octanol–water partition coefficient (Wildman–Crippen LogP) is 8.10. The molecule has 4 atom stereocenters. The third-order valence-electron chi connectivity index (χ3n) is 15.0. The Morgan fingerprint density at radius 1 is 1.01 bits per heavy atom. The summed E-state index contributed by atoms with van der Waals surface area (Å²) in [6, 6.07) is 21.8. The van der Waals surface area contributed by atoms with E-state index in [2.05, 4.69) is 35.4 Å². The van der Waals surface area contributed by atoms with Gasteiger partial charge in [0.1, 0.15) is 16.6 Å². The first kappa shape index (κ1) is 46.8. The van der Waals surface area contributed by atoms with Gasteiger partial charge in [-0.2, -0.15) is 9.29 Å². The Labute approximate surface area is 416 Å². The van der Waals surface area contributed by atoms with Crippen LogP contribution in [0.2, 0.25) is 5.02 Å². The first-order chi connectivity index (χ1) is 33.9. The van der Waals surface area contributed by atoms with Crippen molar-refractivity contribution in [1.82, 2.24) is 14.6 Å². The molecule has 1 saturated carbocycles. The smallest absolute Gasteiger partial charge is 0.349 e. The van der Waals surface area contributed by atoms with E-state index in [4.69, 9.17) is 30.8 Å². The normalized spacial score (nSPS) is 22.4. The number of hydrogen-bond acceptors (Lipinski definition) is 13. The molecular formula is C51H49ClN6O11S2. The number of carbonyl (C=O) groups excluding carboxylic acids is 3. The van der Waals surface area contributed by atoms with Crippen LogP contribution in [0.25, 0.3) is 32.3 Å². The summed E-state index contributed by atoms with van der Waals surface area (Å²) >= 11 is 7.48. The van der Waals surface area contributed by atoms with Crippen molar-refractivity contribution in [3.8, 4) is 16.2 Å².